The number of nitrogens with zero attached hydrogens (tertiary/aromatic N) is 2. The molecule has 6 heteroatoms. The molecule has 1 aliphatic rings. The molecule has 0 radical (unpaired) electrons. The predicted octanol–water partition coefficient (Wildman–Crippen LogP) is 1.63. The molecule has 0 saturated carbocycles. The maximum atomic E-state index is 11.4. The van der Waals surface area contributed by atoms with Crippen molar-refractivity contribution in [1.29, 1.82) is 0 Å². The van der Waals surface area contributed by atoms with Crippen molar-refractivity contribution in [3.63, 3.8) is 0 Å². The van der Waals surface area contributed by atoms with E-state index in [0.29, 0.717) is 19.7 Å². The van der Waals surface area contributed by atoms with Crippen LogP contribution in [0, 0.1) is 0 Å². The number of benzene rings is 1. The first kappa shape index (κ1) is 12.2. The molecular formula is C13H15N3O2S. The Morgan fingerprint density at radius 3 is 3.21 bits per heavy atom. The number of fused-ring (bicyclic) bond motifs is 1. The van der Waals surface area contributed by atoms with Gasteiger partial charge in [0.1, 0.15) is 5.75 Å². The highest BCUT2D eigenvalue weighted by atomic mass is 32.1. The molecule has 19 heavy (non-hydrogen) atoms. The Hall–Kier alpha value is -1.82. The molecule has 0 unspecified atom stereocenters. The van der Waals surface area contributed by atoms with E-state index in [1.165, 1.54) is 0 Å². The lowest BCUT2D eigenvalue weighted by molar-refractivity contribution is -0.120. The minimum absolute atomic E-state index is 0.0560. The van der Waals surface area contributed by atoms with Crippen molar-refractivity contribution < 1.29 is 9.53 Å². The van der Waals surface area contributed by atoms with Gasteiger partial charge in [-0.3, -0.25) is 4.79 Å². The van der Waals surface area contributed by atoms with E-state index < -0.39 is 0 Å². The van der Waals surface area contributed by atoms with Crippen molar-refractivity contribution in [3.8, 4) is 5.75 Å². The summed E-state index contributed by atoms with van der Waals surface area (Å²) in [6.45, 7) is 4.50. The Kier molecular flexibility index (Phi) is 3.25. The molecule has 2 aromatic rings. The first-order valence-corrected chi connectivity index (χ1v) is 7.13. The lowest BCUT2D eigenvalue weighted by atomic mass is 10.3. The molecule has 1 aliphatic heterocycles. The summed E-state index contributed by atoms with van der Waals surface area (Å²) >= 11 is 1.60. The Labute approximate surface area is 115 Å². The molecule has 1 aromatic carbocycles. The van der Waals surface area contributed by atoms with Crippen LogP contribution in [-0.2, 0) is 4.79 Å². The van der Waals surface area contributed by atoms with E-state index in [9.17, 15) is 4.79 Å². The van der Waals surface area contributed by atoms with Crippen LogP contribution in [0.15, 0.2) is 18.2 Å². The first-order valence-electron chi connectivity index (χ1n) is 6.31. The van der Waals surface area contributed by atoms with Gasteiger partial charge in [-0.1, -0.05) is 11.3 Å². The van der Waals surface area contributed by atoms with Crippen LogP contribution in [0.3, 0.4) is 0 Å². The van der Waals surface area contributed by atoms with Crippen molar-refractivity contribution in [2.75, 3.05) is 31.1 Å². The van der Waals surface area contributed by atoms with Gasteiger partial charge in [0.15, 0.2) is 5.13 Å². The zero-order valence-electron chi connectivity index (χ0n) is 10.7. The van der Waals surface area contributed by atoms with Gasteiger partial charge in [0.05, 0.1) is 23.4 Å². The van der Waals surface area contributed by atoms with Gasteiger partial charge in [-0.25, -0.2) is 4.98 Å². The maximum absolute atomic E-state index is 11.4. The molecule has 3 rings (SSSR count). The molecule has 0 atom stereocenters. The Morgan fingerprint density at radius 2 is 2.42 bits per heavy atom. The fourth-order valence-electron chi connectivity index (χ4n) is 2.09. The maximum Gasteiger partial charge on any atom is 0.239 e. The van der Waals surface area contributed by atoms with E-state index in [0.717, 1.165) is 27.6 Å². The van der Waals surface area contributed by atoms with E-state index in [-0.39, 0.29) is 5.91 Å². The van der Waals surface area contributed by atoms with E-state index in [2.05, 4.69) is 10.3 Å². The number of amides is 1. The van der Waals surface area contributed by atoms with Gasteiger partial charge in [0.2, 0.25) is 5.91 Å². The zero-order valence-corrected chi connectivity index (χ0v) is 11.5. The molecule has 1 amide bonds. The van der Waals surface area contributed by atoms with Crippen LogP contribution in [0.1, 0.15) is 6.92 Å². The smallest absolute Gasteiger partial charge is 0.239 e. The van der Waals surface area contributed by atoms with E-state index in [1.54, 1.807) is 11.3 Å². The molecule has 1 aromatic heterocycles. The molecular weight excluding hydrogens is 262 g/mol. The summed E-state index contributed by atoms with van der Waals surface area (Å²) in [5, 5.41) is 3.72. The number of anilines is 1. The molecule has 1 N–H and O–H groups in total. The number of nitrogens with one attached hydrogen (secondary N) is 1. The van der Waals surface area contributed by atoms with Crippen LogP contribution >= 0.6 is 11.3 Å². The van der Waals surface area contributed by atoms with Crippen LogP contribution < -0.4 is 15.0 Å². The SMILES string of the molecule is CCOc1ccc2nc(N3CCNC(=O)C3)sc2c1. The van der Waals surface area contributed by atoms with E-state index in [4.69, 9.17) is 4.74 Å². The Balaban J connectivity index is 1.90. The lowest BCUT2D eigenvalue weighted by Crippen LogP contribution is -2.47. The Morgan fingerprint density at radius 1 is 1.53 bits per heavy atom. The number of aromatic nitrogens is 1. The largest absolute Gasteiger partial charge is 0.494 e. The van der Waals surface area contributed by atoms with Gasteiger partial charge in [-0.15, -0.1) is 0 Å². The van der Waals surface area contributed by atoms with Crippen molar-refractivity contribution in [1.82, 2.24) is 10.3 Å². The van der Waals surface area contributed by atoms with Crippen molar-refractivity contribution in [2.45, 2.75) is 6.92 Å². The number of carbonyl (C=O) groups excluding carboxylic acids is 1. The standard InChI is InChI=1S/C13H15N3O2S/c1-2-18-9-3-4-10-11(7-9)19-13(15-10)16-6-5-14-12(17)8-16/h3-4,7H,2,5-6,8H2,1H3,(H,14,17). The first-order chi connectivity index (χ1) is 9.26. The molecule has 1 fully saturated rings. The number of carbonyl (C=O) groups is 1. The molecule has 2 heterocycles. The second-order valence-electron chi connectivity index (χ2n) is 4.33. The van der Waals surface area contributed by atoms with Gasteiger partial charge in [-0.05, 0) is 25.1 Å². The van der Waals surface area contributed by atoms with Gasteiger partial charge in [-0.2, -0.15) is 0 Å². The molecule has 1 saturated heterocycles. The number of thiazole rings is 1. The van der Waals surface area contributed by atoms with Crippen molar-refractivity contribution in [2.24, 2.45) is 0 Å². The van der Waals surface area contributed by atoms with Crippen LogP contribution in [0.25, 0.3) is 10.2 Å². The third kappa shape index (κ3) is 2.49. The molecule has 100 valence electrons. The monoisotopic (exact) mass is 277 g/mol. The fraction of sp³-hybridized carbons (Fsp3) is 0.385. The summed E-state index contributed by atoms with van der Waals surface area (Å²) < 4.78 is 6.58. The highest BCUT2D eigenvalue weighted by molar-refractivity contribution is 7.22. The average Bonchev–Trinajstić information content (AvgIpc) is 2.82. The predicted molar refractivity (Wildman–Crippen MR) is 76.0 cm³/mol. The summed E-state index contributed by atoms with van der Waals surface area (Å²) in [7, 11) is 0. The van der Waals surface area contributed by atoms with Gasteiger partial charge < -0.3 is 15.0 Å². The van der Waals surface area contributed by atoms with Crippen molar-refractivity contribution >= 4 is 32.6 Å². The average molecular weight is 277 g/mol. The molecule has 5 nitrogen and oxygen atoms in total. The third-order valence-electron chi connectivity index (χ3n) is 2.97. The fourth-order valence-corrected chi connectivity index (χ4v) is 3.11. The van der Waals surface area contributed by atoms with Crippen molar-refractivity contribution in [3.05, 3.63) is 18.2 Å². The van der Waals surface area contributed by atoms with Gasteiger partial charge in [0.25, 0.3) is 0 Å². The van der Waals surface area contributed by atoms with E-state index >= 15 is 0 Å². The normalized spacial score (nSPS) is 15.6. The van der Waals surface area contributed by atoms with Crippen LogP contribution in [0.5, 0.6) is 5.75 Å². The summed E-state index contributed by atoms with van der Waals surface area (Å²) in [6.07, 6.45) is 0. The summed E-state index contributed by atoms with van der Waals surface area (Å²) in [5.74, 6) is 0.919. The number of ether oxygens (including phenoxy) is 1. The minimum Gasteiger partial charge on any atom is -0.494 e. The number of hydrogen-bond donors (Lipinski definition) is 1. The summed E-state index contributed by atoms with van der Waals surface area (Å²) in [4.78, 5) is 18.0. The number of rotatable bonds is 3. The van der Waals surface area contributed by atoms with Crippen LogP contribution in [-0.4, -0.2) is 37.1 Å². The van der Waals surface area contributed by atoms with Crippen LogP contribution in [0.2, 0.25) is 0 Å². The molecule has 0 bridgehead atoms. The highest BCUT2D eigenvalue weighted by Gasteiger charge is 2.19. The quantitative estimate of drug-likeness (QED) is 0.926. The van der Waals surface area contributed by atoms with Crippen LogP contribution in [0.4, 0.5) is 5.13 Å². The van der Waals surface area contributed by atoms with E-state index in [1.807, 2.05) is 30.0 Å². The minimum atomic E-state index is 0.0560. The zero-order chi connectivity index (χ0) is 13.2. The second-order valence-corrected chi connectivity index (χ2v) is 5.34. The molecule has 0 spiro atoms. The third-order valence-corrected chi connectivity index (χ3v) is 4.05. The Bertz CT molecular complexity index is 611. The second kappa shape index (κ2) is 5.05. The topological polar surface area (TPSA) is 54.5 Å². The summed E-state index contributed by atoms with van der Waals surface area (Å²) in [5.41, 5.74) is 0.953. The lowest BCUT2D eigenvalue weighted by Gasteiger charge is -2.25. The van der Waals surface area contributed by atoms with Gasteiger partial charge >= 0.3 is 0 Å². The van der Waals surface area contributed by atoms with Gasteiger partial charge in [0, 0.05) is 13.1 Å². The number of piperazine rings is 1. The summed E-state index contributed by atoms with van der Waals surface area (Å²) in [6, 6.07) is 5.90. The highest BCUT2D eigenvalue weighted by Crippen LogP contribution is 2.31. The molecule has 0 aliphatic carbocycles. The number of hydrogen-bond acceptors (Lipinski definition) is 5.